The van der Waals surface area contributed by atoms with E-state index in [-0.39, 0.29) is 0 Å². The third-order valence-electron chi connectivity index (χ3n) is 2.65. The average molecular weight is 202 g/mol. The molecule has 4 nitrogen and oxygen atoms in total. The Morgan fingerprint density at radius 3 is 2.93 bits per heavy atom. The standard InChI is InChI=1S/C10H22N2O2/c1-13-8-6-12(5-4-11)10-3-2-7-14-9-10/h10H,2-9,11H2,1H3. The van der Waals surface area contributed by atoms with Crippen molar-refractivity contribution in [2.45, 2.75) is 18.9 Å². The van der Waals surface area contributed by atoms with Crippen LogP contribution < -0.4 is 5.73 Å². The van der Waals surface area contributed by atoms with Crippen LogP contribution in [0.4, 0.5) is 0 Å². The SMILES string of the molecule is COCCN(CCN)C1CCCOC1. The fourth-order valence-electron chi connectivity index (χ4n) is 1.86. The van der Waals surface area contributed by atoms with Gasteiger partial charge in [0.25, 0.3) is 0 Å². The zero-order chi connectivity index (χ0) is 10.2. The summed E-state index contributed by atoms with van der Waals surface area (Å²) in [6.45, 7) is 5.15. The van der Waals surface area contributed by atoms with Crippen LogP contribution in [-0.2, 0) is 9.47 Å². The highest BCUT2D eigenvalue weighted by molar-refractivity contribution is 4.74. The van der Waals surface area contributed by atoms with Gasteiger partial charge in [0, 0.05) is 39.4 Å². The Morgan fingerprint density at radius 2 is 2.36 bits per heavy atom. The molecule has 0 saturated carbocycles. The summed E-state index contributed by atoms with van der Waals surface area (Å²) in [5.41, 5.74) is 5.58. The van der Waals surface area contributed by atoms with Gasteiger partial charge in [-0.3, -0.25) is 4.90 Å². The normalized spacial score (nSPS) is 22.9. The molecule has 4 heteroatoms. The van der Waals surface area contributed by atoms with Gasteiger partial charge in [-0.15, -0.1) is 0 Å². The largest absolute Gasteiger partial charge is 0.383 e. The summed E-state index contributed by atoms with van der Waals surface area (Å²) in [6.07, 6.45) is 2.39. The Hall–Kier alpha value is -0.160. The van der Waals surface area contributed by atoms with Crippen molar-refractivity contribution < 1.29 is 9.47 Å². The van der Waals surface area contributed by atoms with Crippen LogP contribution in [-0.4, -0.2) is 57.5 Å². The van der Waals surface area contributed by atoms with Crippen molar-refractivity contribution in [2.75, 3.05) is 46.6 Å². The number of methoxy groups -OCH3 is 1. The van der Waals surface area contributed by atoms with Crippen LogP contribution in [0.2, 0.25) is 0 Å². The quantitative estimate of drug-likeness (QED) is 0.662. The van der Waals surface area contributed by atoms with Crippen LogP contribution in [0, 0.1) is 0 Å². The molecular weight excluding hydrogens is 180 g/mol. The van der Waals surface area contributed by atoms with Crippen molar-refractivity contribution in [3.05, 3.63) is 0 Å². The number of nitrogens with zero attached hydrogens (tertiary/aromatic N) is 1. The lowest BCUT2D eigenvalue weighted by Gasteiger charge is -2.33. The van der Waals surface area contributed by atoms with Crippen LogP contribution >= 0.6 is 0 Å². The highest BCUT2D eigenvalue weighted by atomic mass is 16.5. The molecule has 0 aromatic rings. The van der Waals surface area contributed by atoms with E-state index in [4.69, 9.17) is 15.2 Å². The summed E-state index contributed by atoms with van der Waals surface area (Å²) in [4.78, 5) is 2.38. The zero-order valence-electron chi connectivity index (χ0n) is 9.08. The highest BCUT2D eigenvalue weighted by Gasteiger charge is 2.20. The van der Waals surface area contributed by atoms with Gasteiger partial charge in [-0.2, -0.15) is 0 Å². The second kappa shape index (κ2) is 7.17. The Balaban J connectivity index is 2.30. The number of nitrogens with two attached hydrogens (primary N) is 1. The van der Waals surface area contributed by atoms with Gasteiger partial charge >= 0.3 is 0 Å². The minimum atomic E-state index is 0.544. The molecular formula is C10H22N2O2. The van der Waals surface area contributed by atoms with Crippen LogP contribution in [0.5, 0.6) is 0 Å². The maximum Gasteiger partial charge on any atom is 0.0621 e. The maximum atomic E-state index is 5.58. The lowest BCUT2D eigenvalue weighted by atomic mass is 10.1. The molecule has 0 aliphatic carbocycles. The van der Waals surface area contributed by atoms with Crippen LogP contribution in [0.3, 0.4) is 0 Å². The minimum Gasteiger partial charge on any atom is -0.383 e. The first-order valence-electron chi connectivity index (χ1n) is 5.39. The van der Waals surface area contributed by atoms with E-state index in [1.54, 1.807) is 7.11 Å². The predicted molar refractivity (Wildman–Crippen MR) is 56.3 cm³/mol. The van der Waals surface area contributed by atoms with Gasteiger partial charge in [-0.25, -0.2) is 0 Å². The summed E-state index contributed by atoms with van der Waals surface area (Å²) in [6, 6.07) is 0.544. The number of rotatable bonds is 6. The van der Waals surface area contributed by atoms with Gasteiger partial charge in [-0.1, -0.05) is 0 Å². The van der Waals surface area contributed by atoms with Crippen molar-refractivity contribution >= 4 is 0 Å². The monoisotopic (exact) mass is 202 g/mol. The van der Waals surface area contributed by atoms with Gasteiger partial charge in [-0.05, 0) is 12.8 Å². The Morgan fingerprint density at radius 1 is 1.50 bits per heavy atom. The Labute approximate surface area is 86.3 Å². The molecule has 84 valence electrons. The lowest BCUT2D eigenvalue weighted by molar-refractivity contribution is 0.0103. The summed E-state index contributed by atoms with van der Waals surface area (Å²) < 4.78 is 10.6. The molecule has 1 aliphatic rings. The molecule has 1 heterocycles. The first kappa shape index (κ1) is 11.9. The second-order valence-electron chi connectivity index (χ2n) is 3.69. The fourth-order valence-corrected chi connectivity index (χ4v) is 1.86. The molecule has 1 unspecified atom stereocenters. The summed E-state index contributed by atoms with van der Waals surface area (Å²) in [7, 11) is 1.73. The van der Waals surface area contributed by atoms with E-state index in [0.29, 0.717) is 12.6 Å². The molecule has 0 bridgehead atoms. The topological polar surface area (TPSA) is 47.7 Å². The van der Waals surface area contributed by atoms with Crippen molar-refractivity contribution in [1.29, 1.82) is 0 Å². The summed E-state index contributed by atoms with van der Waals surface area (Å²) in [5, 5.41) is 0. The Kier molecular flexibility index (Phi) is 6.10. The molecule has 0 aromatic carbocycles. The molecule has 0 aromatic heterocycles. The van der Waals surface area contributed by atoms with E-state index in [9.17, 15) is 0 Å². The fraction of sp³-hybridized carbons (Fsp3) is 1.00. The van der Waals surface area contributed by atoms with Crippen LogP contribution in [0.25, 0.3) is 0 Å². The molecule has 2 N–H and O–H groups in total. The molecule has 1 fully saturated rings. The van der Waals surface area contributed by atoms with Crippen molar-refractivity contribution in [1.82, 2.24) is 4.90 Å². The van der Waals surface area contributed by atoms with E-state index in [1.807, 2.05) is 0 Å². The molecule has 0 spiro atoms. The van der Waals surface area contributed by atoms with Crippen molar-refractivity contribution in [3.63, 3.8) is 0 Å². The van der Waals surface area contributed by atoms with E-state index in [2.05, 4.69) is 4.90 Å². The summed E-state index contributed by atoms with van der Waals surface area (Å²) >= 11 is 0. The Bertz CT molecular complexity index is 138. The number of ether oxygens (including phenoxy) is 2. The first-order valence-corrected chi connectivity index (χ1v) is 5.39. The van der Waals surface area contributed by atoms with E-state index < -0.39 is 0 Å². The molecule has 1 rings (SSSR count). The molecule has 1 aliphatic heterocycles. The van der Waals surface area contributed by atoms with Gasteiger partial charge in [0.05, 0.1) is 13.2 Å². The third kappa shape index (κ3) is 3.92. The predicted octanol–water partition coefficient (Wildman–Crippen LogP) is 0.0725. The minimum absolute atomic E-state index is 0.544. The number of hydrogen-bond acceptors (Lipinski definition) is 4. The summed E-state index contributed by atoms with van der Waals surface area (Å²) in [5.74, 6) is 0. The third-order valence-corrected chi connectivity index (χ3v) is 2.65. The maximum absolute atomic E-state index is 5.58. The molecule has 0 amide bonds. The zero-order valence-corrected chi connectivity index (χ0v) is 9.08. The average Bonchev–Trinajstić information content (AvgIpc) is 2.25. The molecule has 0 radical (unpaired) electrons. The van der Waals surface area contributed by atoms with Gasteiger partial charge in [0.2, 0.25) is 0 Å². The van der Waals surface area contributed by atoms with E-state index in [1.165, 1.54) is 12.8 Å². The first-order chi connectivity index (χ1) is 6.88. The van der Waals surface area contributed by atoms with Gasteiger partial charge in [0.15, 0.2) is 0 Å². The van der Waals surface area contributed by atoms with Crippen LogP contribution in [0.15, 0.2) is 0 Å². The smallest absolute Gasteiger partial charge is 0.0621 e. The van der Waals surface area contributed by atoms with E-state index in [0.717, 1.165) is 32.9 Å². The van der Waals surface area contributed by atoms with Crippen LogP contribution in [0.1, 0.15) is 12.8 Å². The number of hydrogen-bond donors (Lipinski definition) is 1. The van der Waals surface area contributed by atoms with E-state index >= 15 is 0 Å². The van der Waals surface area contributed by atoms with Gasteiger partial charge < -0.3 is 15.2 Å². The molecule has 14 heavy (non-hydrogen) atoms. The van der Waals surface area contributed by atoms with Crippen molar-refractivity contribution in [3.8, 4) is 0 Å². The van der Waals surface area contributed by atoms with Crippen molar-refractivity contribution in [2.24, 2.45) is 5.73 Å². The molecule has 1 atom stereocenters. The molecule has 1 saturated heterocycles. The highest BCUT2D eigenvalue weighted by Crippen LogP contribution is 2.12. The van der Waals surface area contributed by atoms with Gasteiger partial charge in [0.1, 0.15) is 0 Å². The second-order valence-corrected chi connectivity index (χ2v) is 3.69. The lowest BCUT2D eigenvalue weighted by Crippen LogP contribution is -2.45.